The van der Waals surface area contributed by atoms with Crippen LogP contribution in [0.4, 0.5) is 52.7 Å². The summed E-state index contributed by atoms with van der Waals surface area (Å²) in [7, 11) is 0. The Morgan fingerprint density at radius 1 is 0.683 bits per heavy atom. The lowest BCUT2D eigenvalue weighted by Gasteiger charge is -2.30. The van der Waals surface area contributed by atoms with Crippen LogP contribution >= 0.6 is 0 Å². The summed E-state index contributed by atoms with van der Waals surface area (Å²) < 4.78 is 175. The van der Waals surface area contributed by atoms with Crippen molar-refractivity contribution >= 4 is 11.8 Å². The topological polar surface area (TPSA) is 85.9 Å². The van der Waals surface area contributed by atoms with Crippen LogP contribution in [-0.4, -0.2) is 85.2 Å². The Hall–Kier alpha value is -2.02. The van der Waals surface area contributed by atoms with Crippen molar-refractivity contribution in [1.82, 2.24) is 10.6 Å². The van der Waals surface area contributed by atoms with Crippen LogP contribution in [-0.2, 0) is 23.8 Å². The van der Waals surface area contributed by atoms with E-state index in [0.717, 1.165) is 0 Å². The van der Waals surface area contributed by atoms with Crippen LogP contribution in [0.3, 0.4) is 0 Å². The normalized spacial score (nSPS) is 21.3. The third-order valence-electron chi connectivity index (χ3n) is 5.72. The second-order valence-corrected chi connectivity index (χ2v) is 9.77. The molecule has 242 valence electrons. The molecule has 41 heavy (non-hydrogen) atoms. The Kier molecular flexibility index (Phi) is 11.8. The van der Waals surface area contributed by atoms with Crippen LogP contribution in [0.5, 0.6) is 0 Å². The lowest BCUT2D eigenvalue weighted by atomic mass is 10.0. The molecule has 0 aliphatic carbocycles. The van der Waals surface area contributed by atoms with E-state index in [1.807, 2.05) is 10.6 Å². The molecule has 1 rings (SSSR count). The van der Waals surface area contributed by atoms with Crippen LogP contribution in [0.25, 0.3) is 0 Å². The zero-order chi connectivity index (χ0) is 32.2. The molecule has 2 N–H and O–H groups in total. The second-order valence-electron chi connectivity index (χ2n) is 9.77. The monoisotopic (exact) mass is 630 g/mol. The van der Waals surface area contributed by atoms with Gasteiger partial charge in [-0.05, 0) is 13.8 Å². The summed E-state index contributed by atoms with van der Waals surface area (Å²) in [5, 5.41) is 4.05. The maximum absolute atomic E-state index is 13.6. The Bertz CT molecular complexity index is 827. The zero-order valence-electron chi connectivity index (χ0n) is 22.1. The molecule has 7 nitrogen and oxygen atoms in total. The largest absolute Gasteiger partial charge is 0.371 e. The molecule has 0 radical (unpaired) electrons. The molecule has 0 bridgehead atoms. The van der Waals surface area contributed by atoms with Crippen LogP contribution < -0.4 is 10.6 Å². The van der Waals surface area contributed by atoms with Crippen LogP contribution in [0.2, 0.25) is 0 Å². The predicted octanol–water partition coefficient (Wildman–Crippen LogP) is 5.12. The fourth-order valence-corrected chi connectivity index (χ4v) is 3.24. The first kappa shape index (κ1) is 37.0. The lowest BCUT2D eigenvalue weighted by Crippen LogP contribution is -2.53. The molecule has 2 unspecified atom stereocenters. The second kappa shape index (κ2) is 13.1. The molecule has 1 saturated heterocycles. The summed E-state index contributed by atoms with van der Waals surface area (Å²) in [5.74, 6) is -34.7. The minimum absolute atomic E-state index is 0.405. The maximum atomic E-state index is 13.6. The van der Waals surface area contributed by atoms with E-state index in [1.54, 1.807) is 13.8 Å². The molecule has 0 aromatic carbocycles. The molecule has 1 aliphatic heterocycles. The van der Waals surface area contributed by atoms with E-state index >= 15 is 0 Å². The van der Waals surface area contributed by atoms with Gasteiger partial charge in [0.05, 0.1) is 6.10 Å². The van der Waals surface area contributed by atoms with Gasteiger partial charge in [0.2, 0.25) is 11.8 Å². The first-order valence-electron chi connectivity index (χ1n) is 12.0. The molecule has 2 atom stereocenters. The number of carbonyl (C=O) groups is 2. The summed E-state index contributed by atoms with van der Waals surface area (Å²) in [4.78, 5) is 23.9. The molecule has 1 heterocycles. The van der Waals surface area contributed by atoms with E-state index in [0.29, 0.717) is 0 Å². The SMILES string of the molecule is CC(C)OC1OC(CNC(=O)CCC(F)(F)C(F)(F)C(C)(F)F)C(CNC(=O)CCC(F)(F)C(F)(F)C(C)(F)F)O1. The molecule has 0 aromatic heterocycles. The van der Waals surface area contributed by atoms with Gasteiger partial charge in [-0.2, -0.15) is 52.7 Å². The van der Waals surface area contributed by atoms with E-state index < -0.39 is 125 Å². The molecule has 0 spiro atoms. The first-order chi connectivity index (χ1) is 18.2. The third kappa shape index (κ3) is 9.49. The summed E-state index contributed by atoms with van der Waals surface area (Å²) >= 11 is 0. The van der Waals surface area contributed by atoms with Gasteiger partial charge in [-0.25, -0.2) is 0 Å². The number of nitrogens with one attached hydrogen (secondary N) is 2. The van der Waals surface area contributed by atoms with E-state index in [4.69, 9.17) is 14.2 Å². The summed E-state index contributed by atoms with van der Waals surface area (Å²) in [6, 6.07) is 0. The average Bonchev–Trinajstić information content (AvgIpc) is 3.17. The molecule has 2 amide bonds. The van der Waals surface area contributed by atoms with Crippen LogP contribution in [0, 0.1) is 0 Å². The van der Waals surface area contributed by atoms with Crippen molar-refractivity contribution < 1.29 is 76.5 Å². The van der Waals surface area contributed by atoms with E-state index in [1.165, 1.54) is 0 Å². The van der Waals surface area contributed by atoms with Crippen molar-refractivity contribution in [2.24, 2.45) is 0 Å². The van der Waals surface area contributed by atoms with Crippen LogP contribution in [0.1, 0.15) is 53.4 Å². The third-order valence-corrected chi connectivity index (χ3v) is 5.72. The lowest BCUT2D eigenvalue weighted by molar-refractivity contribution is -0.304. The zero-order valence-corrected chi connectivity index (χ0v) is 22.1. The minimum Gasteiger partial charge on any atom is -0.353 e. The van der Waals surface area contributed by atoms with Crippen LogP contribution in [0.15, 0.2) is 0 Å². The molecule has 1 aliphatic rings. The first-order valence-corrected chi connectivity index (χ1v) is 12.0. The molecule has 0 aromatic rings. The van der Waals surface area contributed by atoms with Gasteiger partial charge in [0.25, 0.3) is 6.48 Å². The van der Waals surface area contributed by atoms with Gasteiger partial charge in [-0.15, -0.1) is 0 Å². The molecule has 1 fully saturated rings. The van der Waals surface area contributed by atoms with E-state index in [9.17, 15) is 62.3 Å². The number of alkyl halides is 12. The van der Waals surface area contributed by atoms with Crippen molar-refractivity contribution in [3.05, 3.63) is 0 Å². The number of hydrogen-bond acceptors (Lipinski definition) is 5. The highest BCUT2D eigenvalue weighted by Gasteiger charge is 2.69. The highest BCUT2D eigenvalue weighted by molar-refractivity contribution is 5.76. The summed E-state index contributed by atoms with van der Waals surface area (Å²) in [6.45, 7) is -0.315. The minimum atomic E-state index is -5.75. The number of halogens is 12. The Morgan fingerprint density at radius 3 is 1.27 bits per heavy atom. The number of carbonyl (C=O) groups excluding carboxylic acids is 2. The van der Waals surface area contributed by atoms with Crippen molar-refractivity contribution in [3.63, 3.8) is 0 Å². The highest BCUT2D eigenvalue weighted by atomic mass is 19.4. The number of hydrogen-bond donors (Lipinski definition) is 2. The maximum Gasteiger partial charge on any atom is 0.371 e. The summed E-state index contributed by atoms with van der Waals surface area (Å²) in [6.07, 6.45) is -9.49. The highest BCUT2D eigenvalue weighted by Crippen LogP contribution is 2.48. The van der Waals surface area contributed by atoms with E-state index in [-0.39, 0.29) is 0 Å². The smallest absolute Gasteiger partial charge is 0.353 e. The standard InChI is InChI=1S/C22H30F12N2O5/c1-11(2)39-16-40-12(9-35-14(37)5-7-19(27,28)21(31,32)17(3,23)24)13(41-16)10-36-15(38)6-8-20(29,30)22(33,34)18(4,25)26/h11-13,16H,5-10H2,1-4H3,(H,35,37)(H,36,38). The predicted molar refractivity (Wildman–Crippen MR) is 115 cm³/mol. The van der Waals surface area contributed by atoms with Gasteiger partial charge in [-0.1, -0.05) is 0 Å². The Morgan fingerprint density at radius 2 is 1.00 bits per heavy atom. The van der Waals surface area contributed by atoms with Gasteiger partial charge in [0.15, 0.2) is 0 Å². The summed E-state index contributed by atoms with van der Waals surface area (Å²) in [5.41, 5.74) is 0. The van der Waals surface area contributed by atoms with Gasteiger partial charge in [0.1, 0.15) is 12.2 Å². The van der Waals surface area contributed by atoms with Gasteiger partial charge < -0.3 is 24.8 Å². The molecule has 19 heteroatoms. The number of rotatable bonds is 16. The van der Waals surface area contributed by atoms with E-state index in [2.05, 4.69) is 0 Å². The average molecular weight is 630 g/mol. The number of ether oxygens (including phenoxy) is 3. The number of amides is 2. The molecular weight excluding hydrogens is 600 g/mol. The fraction of sp³-hybridized carbons (Fsp3) is 0.909. The van der Waals surface area contributed by atoms with Gasteiger partial charge >= 0.3 is 35.5 Å². The Balaban J connectivity index is 2.73. The molecular formula is C22H30F12N2O5. The van der Waals surface area contributed by atoms with Crippen molar-refractivity contribution in [1.29, 1.82) is 0 Å². The Labute approximate surface area is 226 Å². The van der Waals surface area contributed by atoms with Crippen molar-refractivity contribution in [2.75, 3.05) is 13.1 Å². The quantitative estimate of drug-likeness (QED) is 0.231. The fourth-order valence-electron chi connectivity index (χ4n) is 3.24. The molecule has 0 saturated carbocycles. The van der Waals surface area contributed by atoms with Crippen molar-refractivity contribution in [3.8, 4) is 0 Å². The van der Waals surface area contributed by atoms with Gasteiger partial charge in [-0.3, -0.25) is 9.59 Å². The van der Waals surface area contributed by atoms with Crippen molar-refractivity contribution in [2.45, 2.75) is 114 Å². The van der Waals surface area contributed by atoms with Gasteiger partial charge in [0, 0.05) is 52.6 Å².